The Morgan fingerprint density at radius 2 is 1.00 bits per heavy atom. The van der Waals surface area contributed by atoms with E-state index in [0.29, 0.717) is 0 Å². The fraction of sp³-hybridized carbons (Fsp3) is 0. The van der Waals surface area contributed by atoms with Gasteiger partial charge in [0.25, 0.3) is 0 Å². The van der Waals surface area contributed by atoms with Crippen LogP contribution in [0.1, 0.15) is 0 Å². The molecule has 4 heteroatoms. The third-order valence-corrected chi connectivity index (χ3v) is 0. The van der Waals surface area contributed by atoms with Gasteiger partial charge >= 0.3 is 52.0 Å². The third-order valence-electron chi connectivity index (χ3n) is 0. The van der Waals surface area contributed by atoms with E-state index < -0.39 is 0 Å². The average Bonchev–Trinajstić information content (AvgIpc) is 0. The smallest absolute Gasteiger partial charge is 0 e. The van der Waals surface area contributed by atoms with Gasteiger partial charge in [0.15, 0.2) is 17.4 Å². The van der Waals surface area contributed by atoms with Gasteiger partial charge in [0.05, 0.1) is 0 Å². The van der Waals surface area contributed by atoms with Gasteiger partial charge in [-0.25, -0.2) is 0 Å². The van der Waals surface area contributed by atoms with Crippen LogP contribution in [0.15, 0.2) is 0 Å². The SMILES string of the molecule is [AlH3].[BiH3].[InH3].[Zn]. The van der Waals surface area contributed by atoms with E-state index in [0.717, 1.165) is 0 Å². The van der Waals surface area contributed by atoms with Gasteiger partial charge < -0.3 is 0 Å². The molecule has 0 saturated carbocycles. The molecule has 0 aliphatic heterocycles. The standard InChI is InChI=1S/Al.Bi.In.Zn.9H. The van der Waals surface area contributed by atoms with Crippen molar-refractivity contribution in [1.82, 2.24) is 0 Å². The molecule has 0 aromatic heterocycles. The Balaban J connectivity index is 0. The van der Waals surface area contributed by atoms with Gasteiger partial charge in [-0.2, -0.15) is 0 Å². The first-order chi connectivity index (χ1) is 0. The van der Waals surface area contributed by atoms with Crippen LogP contribution in [0.3, 0.4) is 0 Å². The van der Waals surface area contributed by atoms with Crippen molar-refractivity contribution < 1.29 is 19.5 Å². The van der Waals surface area contributed by atoms with Crippen molar-refractivity contribution >= 4 is 69.4 Å². The Labute approximate surface area is 87.3 Å². The summed E-state index contributed by atoms with van der Waals surface area (Å²) in [4.78, 5) is 0. The first-order valence-electron chi connectivity index (χ1n) is 0. The Bertz CT molecular complexity index is 8.00. The van der Waals surface area contributed by atoms with Crippen molar-refractivity contribution in [3.63, 3.8) is 0 Å². The second-order valence-electron chi connectivity index (χ2n) is 0. The summed E-state index contributed by atoms with van der Waals surface area (Å²) < 4.78 is 0. The van der Waals surface area contributed by atoms with Crippen LogP contribution < -0.4 is 0 Å². The van der Waals surface area contributed by atoms with Crippen molar-refractivity contribution in [3.05, 3.63) is 0 Å². The molecule has 0 aliphatic carbocycles. The van der Waals surface area contributed by atoms with Crippen molar-refractivity contribution in [1.29, 1.82) is 0 Å². The molecule has 0 N–H and O–H groups in total. The summed E-state index contributed by atoms with van der Waals surface area (Å²) in [6, 6.07) is 0. The van der Waals surface area contributed by atoms with E-state index in [1.54, 1.807) is 0 Å². The van der Waals surface area contributed by atoms with Crippen LogP contribution in [-0.4, -0.2) is 69.4 Å². The topological polar surface area (TPSA) is 0 Å². The summed E-state index contributed by atoms with van der Waals surface area (Å²) in [7, 11) is 0. The molecule has 0 aromatic rings. The van der Waals surface area contributed by atoms with Crippen molar-refractivity contribution in [2.45, 2.75) is 0 Å². The monoisotopic (exact) mass is 424 g/mol. The molecule has 0 aromatic carbocycles. The molecule has 0 unspecified atom stereocenters. The Morgan fingerprint density at radius 1 is 1.00 bits per heavy atom. The van der Waals surface area contributed by atoms with Crippen molar-refractivity contribution in [2.75, 3.05) is 0 Å². The van der Waals surface area contributed by atoms with E-state index in [1.807, 2.05) is 0 Å². The maximum absolute atomic E-state index is 0. The first kappa shape index (κ1) is 28.5. The maximum Gasteiger partial charge on any atom is 0 e. The van der Waals surface area contributed by atoms with Gasteiger partial charge in [-0.3, -0.25) is 0 Å². The van der Waals surface area contributed by atoms with Crippen LogP contribution >= 0.6 is 0 Å². The summed E-state index contributed by atoms with van der Waals surface area (Å²) in [5.41, 5.74) is 0. The molecular weight excluding hydrogens is 416 g/mol. The Morgan fingerprint density at radius 3 is 1.00 bits per heavy atom. The summed E-state index contributed by atoms with van der Waals surface area (Å²) in [5, 5.41) is 0. The molecule has 0 aliphatic rings. The minimum absolute atomic E-state index is 0. The fourth-order valence-corrected chi connectivity index (χ4v) is 0. The average molecular weight is 425 g/mol. The minimum Gasteiger partial charge on any atom is 0 e. The van der Waals surface area contributed by atoms with Crippen LogP contribution in [0.2, 0.25) is 0 Å². The van der Waals surface area contributed by atoms with E-state index in [9.17, 15) is 0 Å². The molecule has 0 rings (SSSR count). The molecular formula is H9AlBiInZn. The molecule has 0 bridgehead atoms. The van der Waals surface area contributed by atoms with Crippen LogP contribution in [0.5, 0.6) is 0 Å². The normalized spacial score (nSPS) is 0. The largest absolute Gasteiger partial charge is 0 e. The molecule has 0 radical (unpaired) electrons. The molecule has 0 atom stereocenters. The van der Waals surface area contributed by atoms with Crippen LogP contribution in [0.25, 0.3) is 0 Å². The summed E-state index contributed by atoms with van der Waals surface area (Å²) in [5.74, 6) is 0. The predicted octanol–water partition coefficient (Wildman–Crippen LogP) is -3.55. The van der Waals surface area contributed by atoms with Crippen LogP contribution in [-0.2, 0) is 19.5 Å². The molecule has 0 nitrogen and oxygen atoms in total. The Hall–Kier alpha value is 2.91. The molecule has 22 valence electrons. The van der Waals surface area contributed by atoms with Crippen molar-refractivity contribution in [3.8, 4) is 0 Å². The van der Waals surface area contributed by atoms with Crippen molar-refractivity contribution in [2.24, 2.45) is 0 Å². The third kappa shape index (κ3) is 8.86. The van der Waals surface area contributed by atoms with Gasteiger partial charge in [0.1, 0.15) is 0 Å². The predicted molar refractivity (Wildman–Crippen MR) is 29.8 cm³/mol. The molecule has 0 fully saturated rings. The summed E-state index contributed by atoms with van der Waals surface area (Å²) in [6.07, 6.45) is 0. The molecule has 0 saturated heterocycles. The van der Waals surface area contributed by atoms with Gasteiger partial charge in [-0.1, -0.05) is 0 Å². The van der Waals surface area contributed by atoms with E-state index >= 15 is 0 Å². The van der Waals surface area contributed by atoms with Crippen LogP contribution in [0.4, 0.5) is 0 Å². The van der Waals surface area contributed by atoms with Gasteiger partial charge in [-0.05, 0) is 0 Å². The number of rotatable bonds is 0. The molecule has 0 spiro atoms. The first-order valence-corrected chi connectivity index (χ1v) is 0. The minimum atomic E-state index is 0. The van der Waals surface area contributed by atoms with Gasteiger partial charge in [0.2, 0.25) is 0 Å². The molecule has 0 heterocycles. The van der Waals surface area contributed by atoms with E-state index in [2.05, 4.69) is 0 Å². The summed E-state index contributed by atoms with van der Waals surface area (Å²) >= 11 is 0. The molecule has 0 amide bonds. The van der Waals surface area contributed by atoms with Crippen LogP contribution in [0, 0.1) is 0 Å². The van der Waals surface area contributed by atoms with E-state index in [1.165, 1.54) is 0 Å². The second kappa shape index (κ2) is 16.8. The summed E-state index contributed by atoms with van der Waals surface area (Å²) in [6.45, 7) is 0. The van der Waals surface area contributed by atoms with E-state index in [-0.39, 0.29) is 88.9 Å². The zero-order valence-corrected chi connectivity index (χ0v) is 9.88. The number of hydrogen-bond donors (Lipinski definition) is 0. The zero-order valence-electron chi connectivity index (χ0n) is 1.41. The Kier molecular flexibility index (Phi) is 120. The van der Waals surface area contributed by atoms with Gasteiger partial charge in [-0.15, -0.1) is 0 Å². The maximum atomic E-state index is 0. The quantitative estimate of drug-likeness (QED) is 0.353. The second-order valence-corrected chi connectivity index (χ2v) is 0. The van der Waals surface area contributed by atoms with Gasteiger partial charge in [0, 0.05) is 19.5 Å². The van der Waals surface area contributed by atoms with E-state index in [4.69, 9.17) is 0 Å². The zero-order chi connectivity index (χ0) is 0. The number of hydrogen-bond acceptors (Lipinski definition) is 0. The molecule has 4 heavy (non-hydrogen) atoms. The fourth-order valence-electron chi connectivity index (χ4n) is 0.